The van der Waals surface area contributed by atoms with Gasteiger partial charge in [0.2, 0.25) is 0 Å². The third-order valence-corrected chi connectivity index (χ3v) is 4.34. The summed E-state index contributed by atoms with van der Waals surface area (Å²) in [6.45, 7) is 13.5. The van der Waals surface area contributed by atoms with Gasteiger partial charge in [-0.05, 0) is 24.2 Å². The Kier molecular flexibility index (Phi) is 23.6. The third kappa shape index (κ3) is 17.2. The van der Waals surface area contributed by atoms with Crippen LogP contribution in [-0.4, -0.2) is 0 Å². The normalized spacial score (nSPS) is 14.8. The molecule has 0 aliphatic heterocycles. The molecular formula is C19H40Y-2. The van der Waals surface area contributed by atoms with E-state index in [4.69, 9.17) is 0 Å². The van der Waals surface area contributed by atoms with Gasteiger partial charge in [0.15, 0.2) is 0 Å². The van der Waals surface area contributed by atoms with Crippen LogP contribution in [0.25, 0.3) is 0 Å². The topological polar surface area (TPSA) is 0 Å². The number of hydrogen-bond acceptors (Lipinski definition) is 0. The summed E-state index contributed by atoms with van der Waals surface area (Å²) >= 11 is 0. The van der Waals surface area contributed by atoms with Gasteiger partial charge in [0.1, 0.15) is 0 Å². The molecule has 0 aromatic carbocycles. The Balaban J connectivity index is -0.00000144. The van der Waals surface area contributed by atoms with Gasteiger partial charge in [0.05, 0.1) is 0 Å². The molecule has 0 saturated carbocycles. The zero-order valence-corrected chi connectivity index (χ0v) is 17.9. The summed E-state index contributed by atoms with van der Waals surface area (Å²) in [7, 11) is 0. The Morgan fingerprint density at radius 2 is 1.20 bits per heavy atom. The molecule has 1 heteroatoms. The van der Waals surface area contributed by atoms with Crippen molar-refractivity contribution in [2.24, 2.45) is 17.8 Å². The summed E-state index contributed by atoms with van der Waals surface area (Å²) in [5, 5.41) is 0. The van der Waals surface area contributed by atoms with Crippen LogP contribution in [-0.2, 0) is 32.7 Å². The zero-order valence-electron chi connectivity index (χ0n) is 15.1. The Morgan fingerprint density at radius 3 is 1.65 bits per heavy atom. The van der Waals surface area contributed by atoms with Crippen molar-refractivity contribution >= 4 is 0 Å². The van der Waals surface area contributed by atoms with E-state index in [1.807, 2.05) is 0 Å². The molecule has 0 bridgehead atoms. The van der Waals surface area contributed by atoms with Crippen LogP contribution in [0, 0.1) is 32.1 Å². The molecule has 0 fully saturated rings. The molecule has 0 saturated heterocycles. The first kappa shape index (κ1) is 26.0. The second-order valence-electron chi connectivity index (χ2n) is 6.59. The fourth-order valence-electron chi connectivity index (χ4n) is 2.78. The fraction of sp³-hybridized carbons (Fsp3) is 0.895. The monoisotopic (exact) mass is 357 g/mol. The van der Waals surface area contributed by atoms with Crippen molar-refractivity contribution < 1.29 is 32.7 Å². The molecular weight excluding hydrogens is 317 g/mol. The third-order valence-electron chi connectivity index (χ3n) is 4.34. The van der Waals surface area contributed by atoms with Gasteiger partial charge < -0.3 is 14.4 Å². The van der Waals surface area contributed by atoms with Gasteiger partial charge >= 0.3 is 0 Å². The molecule has 1 radical (unpaired) electrons. The first-order valence-corrected chi connectivity index (χ1v) is 8.39. The van der Waals surface area contributed by atoms with Crippen molar-refractivity contribution in [2.45, 2.75) is 91.9 Å². The van der Waals surface area contributed by atoms with Crippen LogP contribution in [0.1, 0.15) is 91.9 Å². The Hall–Kier alpha value is 1.10. The van der Waals surface area contributed by atoms with Crippen LogP contribution < -0.4 is 0 Å². The average molecular weight is 357 g/mol. The zero-order chi connectivity index (χ0) is 13.8. The molecule has 0 nitrogen and oxygen atoms in total. The molecule has 0 rings (SSSR count). The smallest absolute Gasteiger partial charge is 0 e. The minimum absolute atomic E-state index is 0. The Bertz CT molecular complexity index is 167. The molecule has 0 spiro atoms. The standard InChI is InChI=1S/C18H37.CH3.Y/c1-6-8-12-17(4)15-18(5)14-11-9-10-13-16(3)7-2;;/h16-18H,1,6-15H2,2-5H3;1H3;/q2*-1;. The summed E-state index contributed by atoms with van der Waals surface area (Å²) in [5.41, 5.74) is 0. The van der Waals surface area contributed by atoms with Gasteiger partial charge in [0.25, 0.3) is 0 Å². The molecule has 0 aliphatic rings. The molecule has 0 aromatic heterocycles. The van der Waals surface area contributed by atoms with E-state index in [0.717, 1.165) is 24.2 Å². The molecule has 121 valence electrons. The molecule has 20 heavy (non-hydrogen) atoms. The van der Waals surface area contributed by atoms with Crippen molar-refractivity contribution in [3.05, 3.63) is 14.4 Å². The fourth-order valence-corrected chi connectivity index (χ4v) is 2.78. The maximum absolute atomic E-state index is 3.93. The molecule has 0 N–H and O–H groups in total. The molecule has 0 aliphatic carbocycles. The van der Waals surface area contributed by atoms with E-state index in [-0.39, 0.29) is 40.1 Å². The van der Waals surface area contributed by atoms with Gasteiger partial charge in [-0.2, -0.15) is 6.42 Å². The number of rotatable bonds is 12. The van der Waals surface area contributed by atoms with Crippen LogP contribution >= 0.6 is 0 Å². The number of hydrogen-bond donors (Lipinski definition) is 0. The van der Waals surface area contributed by atoms with Crippen molar-refractivity contribution in [1.82, 2.24) is 0 Å². The minimum atomic E-state index is 0. The first-order chi connectivity index (χ1) is 8.60. The van der Waals surface area contributed by atoms with Crippen molar-refractivity contribution in [3.8, 4) is 0 Å². The van der Waals surface area contributed by atoms with E-state index >= 15 is 0 Å². The average Bonchev–Trinajstić information content (AvgIpc) is 2.35. The maximum Gasteiger partial charge on any atom is 0 e. The van der Waals surface area contributed by atoms with Crippen LogP contribution in [0.5, 0.6) is 0 Å². The molecule has 3 atom stereocenters. The van der Waals surface area contributed by atoms with Gasteiger partial charge in [-0.1, -0.05) is 79.1 Å². The predicted octanol–water partition coefficient (Wildman–Crippen LogP) is 7.10. The van der Waals surface area contributed by atoms with E-state index in [0.29, 0.717) is 0 Å². The Labute approximate surface area is 156 Å². The van der Waals surface area contributed by atoms with Gasteiger partial charge in [-0.3, -0.25) is 0 Å². The van der Waals surface area contributed by atoms with Crippen molar-refractivity contribution in [3.63, 3.8) is 0 Å². The van der Waals surface area contributed by atoms with Crippen LogP contribution in [0.2, 0.25) is 0 Å². The second kappa shape index (κ2) is 18.2. The minimum Gasteiger partial charge on any atom is -0.358 e. The maximum atomic E-state index is 3.93. The summed E-state index contributed by atoms with van der Waals surface area (Å²) in [5.74, 6) is 2.76. The molecule has 3 unspecified atom stereocenters. The summed E-state index contributed by atoms with van der Waals surface area (Å²) in [6, 6.07) is 0. The van der Waals surface area contributed by atoms with Crippen LogP contribution in [0.15, 0.2) is 0 Å². The van der Waals surface area contributed by atoms with Crippen LogP contribution in [0.4, 0.5) is 0 Å². The van der Waals surface area contributed by atoms with E-state index in [1.54, 1.807) is 0 Å². The van der Waals surface area contributed by atoms with E-state index in [2.05, 4.69) is 34.6 Å². The molecule has 0 aromatic rings. The summed E-state index contributed by atoms with van der Waals surface area (Å²) < 4.78 is 0. The van der Waals surface area contributed by atoms with Crippen molar-refractivity contribution in [1.29, 1.82) is 0 Å². The number of unbranched alkanes of at least 4 members (excludes halogenated alkanes) is 3. The Morgan fingerprint density at radius 1 is 0.750 bits per heavy atom. The summed E-state index contributed by atoms with van der Waals surface area (Å²) in [6.07, 6.45) is 13.8. The predicted molar refractivity (Wildman–Crippen MR) is 91.1 cm³/mol. The van der Waals surface area contributed by atoms with Crippen LogP contribution in [0.3, 0.4) is 0 Å². The van der Waals surface area contributed by atoms with E-state index in [1.165, 1.54) is 57.8 Å². The first-order valence-electron chi connectivity index (χ1n) is 8.39. The summed E-state index contributed by atoms with van der Waals surface area (Å²) in [4.78, 5) is 0. The van der Waals surface area contributed by atoms with E-state index in [9.17, 15) is 0 Å². The quantitative estimate of drug-likeness (QED) is 0.258. The van der Waals surface area contributed by atoms with Gasteiger partial charge in [0, 0.05) is 32.7 Å². The van der Waals surface area contributed by atoms with E-state index < -0.39 is 0 Å². The largest absolute Gasteiger partial charge is 0.358 e. The van der Waals surface area contributed by atoms with Gasteiger partial charge in [-0.15, -0.1) is 0 Å². The second-order valence-corrected chi connectivity index (χ2v) is 6.59. The van der Waals surface area contributed by atoms with Crippen molar-refractivity contribution in [2.75, 3.05) is 0 Å². The van der Waals surface area contributed by atoms with Gasteiger partial charge in [-0.25, -0.2) is 0 Å². The molecule has 0 amide bonds. The molecule has 0 heterocycles. The SMILES string of the molecule is [CH2-]CCCC(C)CC(C)CCCCCC(C)CC.[CH3-].[Y].